The lowest BCUT2D eigenvalue weighted by Crippen LogP contribution is -2.48. The third kappa shape index (κ3) is 4.89. The number of cyclic esters (lactones) is 1. The maximum absolute atomic E-state index is 12.8. The summed E-state index contributed by atoms with van der Waals surface area (Å²) in [6.45, 7) is 8.24. The molecular weight excluding hydrogens is 342 g/mol. The van der Waals surface area contributed by atoms with E-state index in [1.54, 1.807) is 0 Å². The van der Waals surface area contributed by atoms with E-state index in [1.807, 2.05) is 45.9 Å². The fourth-order valence-corrected chi connectivity index (χ4v) is 4.19. The lowest BCUT2D eigenvalue weighted by atomic mass is 9.89. The van der Waals surface area contributed by atoms with Crippen molar-refractivity contribution in [3.63, 3.8) is 0 Å². The summed E-state index contributed by atoms with van der Waals surface area (Å²) in [6, 6.07) is 9.80. The minimum atomic E-state index is -0.521. The van der Waals surface area contributed by atoms with Crippen LogP contribution in [0, 0.1) is 5.92 Å². The van der Waals surface area contributed by atoms with Crippen molar-refractivity contribution in [1.82, 2.24) is 4.90 Å². The van der Waals surface area contributed by atoms with Crippen LogP contribution in [0.25, 0.3) is 0 Å². The molecule has 2 unspecified atom stereocenters. The Bertz CT molecular complexity index is 667. The number of benzene rings is 1. The molecule has 0 spiro atoms. The van der Waals surface area contributed by atoms with E-state index in [1.165, 1.54) is 0 Å². The van der Waals surface area contributed by atoms with Crippen LogP contribution in [0.15, 0.2) is 30.3 Å². The molecule has 5 nitrogen and oxygen atoms in total. The molecule has 0 N–H and O–H groups in total. The van der Waals surface area contributed by atoms with E-state index >= 15 is 0 Å². The Morgan fingerprint density at radius 1 is 1.15 bits per heavy atom. The molecular formula is C22H31NO4. The van der Waals surface area contributed by atoms with Crippen LogP contribution in [0.1, 0.15) is 58.9 Å². The summed E-state index contributed by atoms with van der Waals surface area (Å²) in [7, 11) is 0. The first kappa shape index (κ1) is 19.9. The summed E-state index contributed by atoms with van der Waals surface area (Å²) in [5, 5.41) is 0. The van der Waals surface area contributed by atoms with Crippen molar-refractivity contribution < 1.29 is 19.1 Å². The molecule has 1 aromatic rings. The Morgan fingerprint density at radius 3 is 2.48 bits per heavy atom. The van der Waals surface area contributed by atoms with Crippen LogP contribution >= 0.6 is 0 Å². The lowest BCUT2D eigenvalue weighted by molar-refractivity contribution is -0.167. The van der Waals surface area contributed by atoms with Gasteiger partial charge in [0.2, 0.25) is 0 Å². The Labute approximate surface area is 162 Å². The number of carbonyl (C=O) groups is 2. The Balaban J connectivity index is 1.82. The molecule has 0 saturated carbocycles. The minimum absolute atomic E-state index is 0.0145. The number of esters is 2. The normalized spacial score (nSPS) is 29.4. The summed E-state index contributed by atoms with van der Waals surface area (Å²) in [4.78, 5) is 27.5. The predicted octanol–water partition coefficient (Wildman–Crippen LogP) is 3.70. The molecule has 0 aliphatic carbocycles. The zero-order chi connectivity index (χ0) is 19.6. The molecule has 3 rings (SSSR count). The first-order valence-electron chi connectivity index (χ1n) is 9.97. The van der Waals surface area contributed by atoms with Crippen LogP contribution in [-0.4, -0.2) is 40.6 Å². The van der Waals surface area contributed by atoms with Gasteiger partial charge in [-0.2, -0.15) is 0 Å². The summed E-state index contributed by atoms with van der Waals surface area (Å²) >= 11 is 0. The highest BCUT2D eigenvalue weighted by atomic mass is 16.6. The maximum Gasteiger partial charge on any atom is 0.323 e. The Kier molecular flexibility index (Phi) is 5.89. The highest BCUT2D eigenvalue weighted by Crippen LogP contribution is 2.36. The number of ether oxygens (including phenoxy) is 2. The van der Waals surface area contributed by atoms with Gasteiger partial charge in [-0.05, 0) is 58.9 Å². The molecule has 0 aromatic heterocycles. The van der Waals surface area contributed by atoms with Gasteiger partial charge in [-0.3, -0.25) is 14.5 Å². The van der Waals surface area contributed by atoms with Crippen LogP contribution in [0.2, 0.25) is 0 Å². The van der Waals surface area contributed by atoms with Crippen molar-refractivity contribution in [1.29, 1.82) is 0 Å². The van der Waals surface area contributed by atoms with Gasteiger partial charge in [0.05, 0.1) is 12.0 Å². The number of hydrogen-bond acceptors (Lipinski definition) is 5. The number of nitrogens with zero attached hydrogens (tertiary/aromatic N) is 1. The third-order valence-electron chi connectivity index (χ3n) is 5.42. The van der Waals surface area contributed by atoms with Crippen molar-refractivity contribution in [3.8, 4) is 0 Å². The topological polar surface area (TPSA) is 55.8 Å². The molecule has 2 heterocycles. The largest absolute Gasteiger partial charge is 0.462 e. The first-order chi connectivity index (χ1) is 12.7. The van der Waals surface area contributed by atoms with Gasteiger partial charge in [-0.25, -0.2) is 0 Å². The van der Waals surface area contributed by atoms with Gasteiger partial charge in [0, 0.05) is 12.6 Å². The highest BCUT2D eigenvalue weighted by molar-refractivity contribution is 5.78. The zero-order valence-corrected chi connectivity index (χ0v) is 16.8. The van der Waals surface area contributed by atoms with Crippen molar-refractivity contribution in [3.05, 3.63) is 35.9 Å². The van der Waals surface area contributed by atoms with Gasteiger partial charge in [0.1, 0.15) is 11.6 Å². The molecule has 0 bridgehead atoms. The van der Waals surface area contributed by atoms with Gasteiger partial charge < -0.3 is 9.47 Å². The lowest BCUT2D eigenvalue weighted by Gasteiger charge is -2.36. The average Bonchev–Trinajstić information content (AvgIpc) is 2.98. The van der Waals surface area contributed by atoms with Gasteiger partial charge >= 0.3 is 11.9 Å². The van der Waals surface area contributed by atoms with Gasteiger partial charge in [0.15, 0.2) is 0 Å². The predicted molar refractivity (Wildman–Crippen MR) is 103 cm³/mol. The average molecular weight is 373 g/mol. The van der Waals surface area contributed by atoms with Crippen molar-refractivity contribution in [2.75, 3.05) is 0 Å². The molecule has 4 atom stereocenters. The van der Waals surface area contributed by atoms with Crippen LogP contribution < -0.4 is 0 Å². The second kappa shape index (κ2) is 8.01. The second-order valence-electron chi connectivity index (χ2n) is 8.78. The van der Waals surface area contributed by atoms with Gasteiger partial charge in [-0.1, -0.05) is 30.3 Å². The Hall–Kier alpha value is -1.88. The highest BCUT2D eigenvalue weighted by Gasteiger charge is 2.46. The molecule has 2 aliphatic rings. The molecule has 27 heavy (non-hydrogen) atoms. The van der Waals surface area contributed by atoms with Crippen molar-refractivity contribution in [2.24, 2.45) is 5.92 Å². The molecule has 2 aliphatic heterocycles. The van der Waals surface area contributed by atoms with Crippen molar-refractivity contribution in [2.45, 2.75) is 83.7 Å². The van der Waals surface area contributed by atoms with E-state index in [9.17, 15) is 9.59 Å². The van der Waals surface area contributed by atoms with Crippen LogP contribution in [0.5, 0.6) is 0 Å². The summed E-state index contributed by atoms with van der Waals surface area (Å²) in [5.74, 6) is -0.488. The quantitative estimate of drug-likeness (QED) is 0.753. The van der Waals surface area contributed by atoms with Crippen LogP contribution in [0.4, 0.5) is 0 Å². The Morgan fingerprint density at radius 2 is 1.85 bits per heavy atom. The van der Waals surface area contributed by atoms with E-state index in [4.69, 9.17) is 9.47 Å². The van der Waals surface area contributed by atoms with E-state index in [-0.39, 0.29) is 36.0 Å². The third-order valence-corrected chi connectivity index (χ3v) is 5.42. The van der Waals surface area contributed by atoms with E-state index in [2.05, 4.69) is 17.0 Å². The van der Waals surface area contributed by atoms with Crippen molar-refractivity contribution >= 4 is 11.9 Å². The zero-order valence-electron chi connectivity index (χ0n) is 16.8. The monoisotopic (exact) mass is 373 g/mol. The van der Waals surface area contributed by atoms with E-state index in [0.29, 0.717) is 13.0 Å². The van der Waals surface area contributed by atoms with E-state index in [0.717, 1.165) is 24.8 Å². The van der Waals surface area contributed by atoms with Crippen LogP contribution in [0.3, 0.4) is 0 Å². The molecule has 2 saturated heterocycles. The standard InChI is InChI=1S/C22H31NO4/c1-15-10-11-17(20(24)26-15)18-12-13-19(21(25)27-22(2,3)4)23(18)14-16-8-6-5-7-9-16/h5-9,15,17-19H,10-14H2,1-4H3/t15?,17?,18-,19+/m1/s1. The van der Waals surface area contributed by atoms with Crippen LogP contribution in [-0.2, 0) is 25.6 Å². The number of hydrogen-bond donors (Lipinski definition) is 0. The SMILES string of the molecule is CC1CCC([C@H]2CC[C@@H](C(=O)OC(C)(C)C)N2Cc2ccccc2)C(=O)O1. The number of carbonyl (C=O) groups excluding carboxylic acids is 2. The first-order valence-corrected chi connectivity index (χ1v) is 9.97. The summed E-state index contributed by atoms with van der Waals surface area (Å²) in [6.07, 6.45) is 3.20. The smallest absolute Gasteiger partial charge is 0.323 e. The molecule has 5 heteroatoms. The van der Waals surface area contributed by atoms with E-state index < -0.39 is 5.60 Å². The molecule has 2 fully saturated rings. The van der Waals surface area contributed by atoms with Gasteiger partial charge in [-0.15, -0.1) is 0 Å². The maximum atomic E-state index is 12.8. The molecule has 148 valence electrons. The summed E-state index contributed by atoms with van der Waals surface area (Å²) in [5.41, 5.74) is 0.614. The fourth-order valence-electron chi connectivity index (χ4n) is 4.19. The number of rotatable bonds is 4. The molecule has 0 amide bonds. The summed E-state index contributed by atoms with van der Waals surface area (Å²) < 4.78 is 11.2. The second-order valence-corrected chi connectivity index (χ2v) is 8.78. The molecule has 0 radical (unpaired) electrons. The van der Waals surface area contributed by atoms with Gasteiger partial charge in [0.25, 0.3) is 0 Å². The number of likely N-dealkylation sites (tertiary alicyclic amines) is 1. The minimum Gasteiger partial charge on any atom is -0.462 e. The fraction of sp³-hybridized carbons (Fsp3) is 0.636. The molecule has 1 aromatic carbocycles.